The molecule has 0 aliphatic carbocycles. The molecule has 2 nitrogen and oxygen atoms in total. The number of carbonyl (C=O) groups is 1. The van der Waals surface area contributed by atoms with Crippen LogP contribution in [0.5, 0.6) is 0 Å². The van der Waals surface area contributed by atoms with Crippen LogP contribution in [0.2, 0.25) is 0 Å². The van der Waals surface area contributed by atoms with Crippen LogP contribution in [0.1, 0.15) is 60.3 Å². The standard InChI is InChI=1S/C19H30O2/c1-6-10-16(3)11-8-12-17(4)13-9-14-18(5)15-19(20)21-7-2/h9,14-17H,7-8,11-13H2,1-5H3. The summed E-state index contributed by atoms with van der Waals surface area (Å²) in [6, 6.07) is 0. The molecule has 2 heteroatoms. The molecule has 0 aromatic rings. The van der Waals surface area contributed by atoms with Crippen LogP contribution in [0, 0.1) is 23.7 Å². The summed E-state index contributed by atoms with van der Waals surface area (Å²) in [5.41, 5.74) is 0.937. The summed E-state index contributed by atoms with van der Waals surface area (Å²) in [7, 11) is 0. The Morgan fingerprint density at radius 1 is 1.29 bits per heavy atom. The van der Waals surface area contributed by atoms with Crippen molar-refractivity contribution < 1.29 is 9.53 Å². The van der Waals surface area contributed by atoms with Crippen molar-refractivity contribution in [3.05, 3.63) is 23.8 Å². The molecule has 2 unspecified atom stereocenters. The van der Waals surface area contributed by atoms with Gasteiger partial charge in [0, 0.05) is 12.0 Å². The van der Waals surface area contributed by atoms with Crippen molar-refractivity contribution in [1.29, 1.82) is 0 Å². The van der Waals surface area contributed by atoms with Crippen LogP contribution in [0.4, 0.5) is 0 Å². The predicted octanol–water partition coefficient (Wildman–Crippen LogP) is 4.91. The van der Waals surface area contributed by atoms with E-state index in [4.69, 9.17) is 4.74 Å². The first kappa shape index (κ1) is 19.5. The Balaban J connectivity index is 3.95. The Hall–Kier alpha value is -1.49. The first-order valence-corrected chi connectivity index (χ1v) is 7.93. The molecule has 0 rings (SSSR count). The number of hydrogen-bond donors (Lipinski definition) is 0. The summed E-state index contributed by atoms with van der Waals surface area (Å²) in [5.74, 6) is 7.07. The van der Waals surface area contributed by atoms with Crippen molar-refractivity contribution in [2.45, 2.75) is 60.3 Å². The van der Waals surface area contributed by atoms with Gasteiger partial charge in [-0.25, -0.2) is 4.79 Å². The van der Waals surface area contributed by atoms with Gasteiger partial charge >= 0.3 is 5.97 Å². The third-order valence-electron chi connectivity index (χ3n) is 3.28. The summed E-state index contributed by atoms with van der Waals surface area (Å²) in [6.07, 6.45) is 10.3. The normalized spacial score (nSPS) is 14.4. The summed E-state index contributed by atoms with van der Waals surface area (Å²) in [6.45, 7) is 10.5. The van der Waals surface area contributed by atoms with Crippen LogP contribution in [-0.4, -0.2) is 12.6 Å². The number of esters is 1. The van der Waals surface area contributed by atoms with E-state index in [1.165, 1.54) is 25.3 Å². The van der Waals surface area contributed by atoms with Crippen LogP contribution in [0.3, 0.4) is 0 Å². The molecular formula is C19H30O2. The zero-order valence-corrected chi connectivity index (χ0v) is 14.2. The van der Waals surface area contributed by atoms with E-state index >= 15 is 0 Å². The van der Waals surface area contributed by atoms with Gasteiger partial charge in [-0.05, 0) is 45.1 Å². The second-order valence-electron chi connectivity index (χ2n) is 5.61. The van der Waals surface area contributed by atoms with Gasteiger partial charge in [0.05, 0.1) is 6.61 Å². The Morgan fingerprint density at radius 3 is 2.62 bits per heavy atom. The van der Waals surface area contributed by atoms with Gasteiger partial charge in [-0.2, -0.15) is 0 Å². The molecule has 0 bridgehead atoms. The molecule has 0 fully saturated rings. The first-order chi connectivity index (χ1) is 9.99. The minimum absolute atomic E-state index is 0.265. The molecular weight excluding hydrogens is 260 g/mol. The van der Waals surface area contributed by atoms with Gasteiger partial charge in [-0.1, -0.05) is 38.8 Å². The van der Waals surface area contributed by atoms with Crippen molar-refractivity contribution in [3.63, 3.8) is 0 Å². The summed E-state index contributed by atoms with van der Waals surface area (Å²) < 4.78 is 4.88. The van der Waals surface area contributed by atoms with Gasteiger partial charge in [-0.3, -0.25) is 0 Å². The quantitative estimate of drug-likeness (QED) is 0.261. The fourth-order valence-corrected chi connectivity index (χ4v) is 2.11. The Morgan fingerprint density at radius 2 is 2.00 bits per heavy atom. The molecule has 118 valence electrons. The SMILES string of the molecule is CC#CC(C)CCCC(C)CC=CC(C)=CC(=O)OCC. The van der Waals surface area contributed by atoms with E-state index in [2.05, 4.69) is 31.8 Å². The van der Waals surface area contributed by atoms with E-state index in [-0.39, 0.29) is 5.97 Å². The van der Waals surface area contributed by atoms with Gasteiger partial charge in [0.15, 0.2) is 0 Å². The minimum Gasteiger partial charge on any atom is -0.463 e. The molecule has 0 aliphatic heterocycles. The topological polar surface area (TPSA) is 26.3 Å². The molecule has 0 heterocycles. The van der Waals surface area contributed by atoms with Gasteiger partial charge in [0.25, 0.3) is 0 Å². The van der Waals surface area contributed by atoms with Crippen LogP contribution in [-0.2, 0) is 9.53 Å². The average molecular weight is 290 g/mol. The number of allylic oxidation sites excluding steroid dienone is 3. The minimum atomic E-state index is -0.265. The molecule has 0 saturated carbocycles. The van der Waals surface area contributed by atoms with Crippen molar-refractivity contribution in [1.82, 2.24) is 0 Å². The highest BCUT2D eigenvalue weighted by molar-refractivity contribution is 5.83. The van der Waals surface area contributed by atoms with E-state index < -0.39 is 0 Å². The molecule has 0 aromatic carbocycles. The van der Waals surface area contributed by atoms with Gasteiger partial charge in [-0.15, -0.1) is 11.8 Å². The van der Waals surface area contributed by atoms with Crippen LogP contribution >= 0.6 is 0 Å². The van der Waals surface area contributed by atoms with E-state index in [1.54, 1.807) is 0 Å². The lowest BCUT2D eigenvalue weighted by molar-refractivity contribution is -0.137. The van der Waals surface area contributed by atoms with Gasteiger partial charge in [0.2, 0.25) is 0 Å². The zero-order valence-electron chi connectivity index (χ0n) is 14.2. The molecule has 0 aromatic heterocycles. The zero-order chi connectivity index (χ0) is 16.1. The van der Waals surface area contributed by atoms with Crippen LogP contribution in [0.15, 0.2) is 23.8 Å². The number of ether oxygens (including phenoxy) is 1. The molecule has 0 spiro atoms. The fourth-order valence-electron chi connectivity index (χ4n) is 2.11. The second kappa shape index (κ2) is 12.3. The monoisotopic (exact) mass is 290 g/mol. The molecule has 2 atom stereocenters. The third-order valence-corrected chi connectivity index (χ3v) is 3.28. The summed E-state index contributed by atoms with van der Waals surface area (Å²) in [5, 5.41) is 0. The lowest BCUT2D eigenvalue weighted by Crippen LogP contribution is -1.99. The van der Waals surface area contributed by atoms with Crippen molar-refractivity contribution in [3.8, 4) is 11.8 Å². The second-order valence-corrected chi connectivity index (χ2v) is 5.61. The Kier molecular flexibility index (Phi) is 11.4. The smallest absolute Gasteiger partial charge is 0.330 e. The molecule has 0 radical (unpaired) electrons. The van der Waals surface area contributed by atoms with E-state index in [9.17, 15) is 4.79 Å². The van der Waals surface area contributed by atoms with Crippen molar-refractivity contribution in [2.75, 3.05) is 6.61 Å². The largest absolute Gasteiger partial charge is 0.463 e. The molecule has 0 saturated heterocycles. The van der Waals surface area contributed by atoms with E-state index in [0.29, 0.717) is 18.4 Å². The first-order valence-electron chi connectivity index (χ1n) is 7.93. The van der Waals surface area contributed by atoms with Gasteiger partial charge in [0.1, 0.15) is 0 Å². The van der Waals surface area contributed by atoms with E-state index in [0.717, 1.165) is 12.0 Å². The average Bonchev–Trinajstić information content (AvgIpc) is 2.39. The predicted molar refractivity (Wildman–Crippen MR) is 89.8 cm³/mol. The highest BCUT2D eigenvalue weighted by Crippen LogP contribution is 2.16. The maximum atomic E-state index is 11.3. The lowest BCUT2D eigenvalue weighted by atomic mass is 9.96. The summed E-state index contributed by atoms with van der Waals surface area (Å²) >= 11 is 0. The fraction of sp³-hybridized carbons (Fsp3) is 0.632. The molecule has 0 N–H and O–H groups in total. The maximum Gasteiger partial charge on any atom is 0.330 e. The molecule has 0 amide bonds. The van der Waals surface area contributed by atoms with Crippen molar-refractivity contribution in [2.24, 2.45) is 11.8 Å². The Labute approximate surface area is 130 Å². The third kappa shape index (κ3) is 12.0. The van der Waals surface area contributed by atoms with E-state index in [1.807, 2.05) is 26.8 Å². The van der Waals surface area contributed by atoms with Gasteiger partial charge < -0.3 is 4.74 Å². The van der Waals surface area contributed by atoms with Crippen LogP contribution < -0.4 is 0 Å². The highest BCUT2D eigenvalue weighted by atomic mass is 16.5. The summed E-state index contributed by atoms with van der Waals surface area (Å²) in [4.78, 5) is 11.3. The number of carbonyl (C=O) groups excluding carboxylic acids is 1. The Bertz CT molecular complexity index is 407. The highest BCUT2D eigenvalue weighted by Gasteiger charge is 2.02. The molecule has 0 aliphatic rings. The number of rotatable bonds is 9. The van der Waals surface area contributed by atoms with Crippen LogP contribution in [0.25, 0.3) is 0 Å². The lowest BCUT2D eigenvalue weighted by Gasteiger charge is -2.09. The maximum absolute atomic E-state index is 11.3. The number of hydrogen-bond acceptors (Lipinski definition) is 2. The molecule has 21 heavy (non-hydrogen) atoms. The van der Waals surface area contributed by atoms with Crippen molar-refractivity contribution >= 4 is 5.97 Å².